The second-order valence-corrected chi connectivity index (χ2v) is 7.19. The molecule has 5 nitrogen and oxygen atoms in total. The van der Waals surface area contributed by atoms with Gasteiger partial charge in [-0.1, -0.05) is 60.7 Å². The first-order valence-corrected chi connectivity index (χ1v) is 9.93. The Kier molecular flexibility index (Phi) is 4.77. The molecule has 0 fully saturated rings. The average Bonchev–Trinajstić information content (AvgIpc) is 2.83. The van der Waals surface area contributed by atoms with Crippen LogP contribution in [-0.4, -0.2) is 10.9 Å². The highest BCUT2D eigenvalue weighted by atomic mass is 16.3. The molecule has 0 saturated heterocycles. The van der Waals surface area contributed by atoms with Gasteiger partial charge in [0, 0.05) is 12.3 Å². The zero-order valence-corrected chi connectivity index (χ0v) is 16.6. The summed E-state index contributed by atoms with van der Waals surface area (Å²) in [6.07, 6.45) is 1.63. The number of amides is 1. The Balaban J connectivity index is 1.62. The summed E-state index contributed by atoms with van der Waals surface area (Å²) >= 11 is 0. The summed E-state index contributed by atoms with van der Waals surface area (Å²) in [5.74, 6) is 0.0420. The second-order valence-electron chi connectivity index (χ2n) is 7.19. The van der Waals surface area contributed by atoms with Crippen LogP contribution in [0.25, 0.3) is 21.7 Å². The van der Waals surface area contributed by atoms with Crippen LogP contribution in [0.3, 0.4) is 0 Å². The number of nitrogens with zero attached hydrogens (tertiary/aromatic N) is 2. The first kappa shape index (κ1) is 18.8. The number of fused-ring (bicyclic) bond motifs is 2. The quantitative estimate of drug-likeness (QED) is 0.412. The molecule has 5 aromatic rings. The van der Waals surface area contributed by atoms with Crippen molar-refractivity contribution >= 4 is 33.5 Å². The third-order valence-electron chi connectivity index (χ3n) is 5.22. The molecule has 0 N–H and O–H groups in total. The van der Waals surface area contributed by atoms with E-state index in [0.29, 0.717) is 16.8 Å². The predicted molar refractivity (Wildman–Crippen MR) is 121 cm³/mol. The maximum Gasteiger partial charge on any atom is 0.295 e. The van der Waals surface area contributed by atoms with Crippen LogP contribution >= 0.6 is 0 Å². The molecule has 3 aromatic carbocycles. The lowest BCUT2D eigenvalue weighted by molar-refractivity contribution is 0.0958. The van der Waals surface area contributed by atoms with Crippen molar-refractivity contribution in [2.75, 3.05) is 4.90 Å². The topological polar surface area (TPSA) is 63.4 Å². The van der Waals surface area contributed by atoms with Gasteiger partial charge in [0.1, 0.15) is 11.4 Å². The van der Waals surface area contributed by atoms with E-state index >= 15 is 0 Å². The fraction of sp³-hybridized carbons (Fsp3) is 0.0385. The van der Waals surface area contributed by atoms with E-state index in [1.165, 1.54) is 11.0 Å². The van der Waals surface area contributed by atoms with E-state index < -0.39 is 5.91 Å². The van der Waals surface area contributed by atoms with E-state index in [1.54, 1.807) is 42.6 Å². The monoisotopic (exact) mass is 406 g/mol. The first-order valence-electron chi connectivity index (χ1n) is 9.93. The van der Waals surface area contributed by atoms with Crippen molar-refractivity contribution in [2.45, 2.75) is 6.54 Å². The summed E-state index contributed by atoms with van der Waals surface area (Å²) in [5.41, 5.74) is 1.10. The average molecular weight is 406 g/mol. The molecular formula is C26H18N2O3. The first-order chi connectivity index (χ1) is 15.2. The van der Waals surface area contributed by atoms with Crippen LogP contribution < -0.4 is 10.3 Å². The Hall–Kier alpha value is -4.25. The Morgan fingerprint density at radius 3 is 2.42 bits per heavy atom. The lowest BCUT2D eigenvalue weighted by Gasteiger charge is -2.22. The third-order valence-corrected chi connectivity index (χ3v) is 5.22. The molecule has 0 aliphatic heterocycles. The van der Waals surface area contributed by atoms with Gasteiger partial charge >= 0.3 is 0 Å². The van der Waals surface area contributed by atoms with Crippen LogP contribution in [0.4, 0.5) is 5.82 Å². The van der Waals surface area contributed by atoms with Gasteiger partial charge in [-0.2, -0.15) is 0 Å². The molecule has 2 heterocycles. The molecule has 0 bridgehead atoms. The van der Waals surface area contributed by atoms with Gasteiger partial charge in [-0.3, -0.25) is 14.5 Å². The van der Waals surface area contributed by atoms with Crippen LogP contribution in [0, 0.1) is 0 Å². The van der Waals surface area contributed by atoms with E-state index in [1.807, 2.05) is 48.5 Å². The van der Waals surface area contributed by atoms with E-state index in [4.69, 9.17) is 4.42 Å². The summed E-state index contributed by atoms with van der Waals surface area (Å²) in [7, 11) is 0. The van der Waals surface area contributed by atoms with Crippen molar-refractivity contribution in [3.63, 3.8) is 0 Å². The van der Waals surface area contributed by atoms with E-state index in [-0.39, 0.29) is 17.7 Å². The zero-order valence-electron chi connectivity index (χ0n) is 16.6. The van der Waals surface area contributed by atoms with Crippen LogP contribution in [0.1, 0.15) is 16.1 Å². The lowest BCUT2D eigenvalue weighted by Crippen LogP contribution is -2.31. The van der Waals surface area contributed by atoms with Crippen molar-refractivity contribution in [3.8, 4) is 0 Å². The number of rotatable bonds is 4. The highest BCUT2D eigenvalue weighted by Gasteiger charge is 2.23. The standard InChI is InChI=1S/C26H18N2O3/c29-22-16-24(31-23-13-4-3-12-21(22)23)26(30)28(25-14-5-6-15-27-25)17-19-10-7-9-18-8-1-2-11-20(18)19/h1-16H,17H2. The van der Waals surface area contributed by atoms with Crippen LogP contribution in [0.2, 0.25) is 0 Å². The number of carbonyl (C=O) groups excluding carboxylic acids is 1. The van der Waals surface area contributed by atoms with E-state index in [9.17, 15) is 9.59 Å². The largest absolute Gasteiger partial charge is 0.451 e. The molecule has 0 radical (unpaired) electrons. The maximum absolute atomic E-state index is 13.5. The summed E-state index contributed by atoms with van der Waals surface area (Å²) in [4.78, 5) is 32.0. The number of para-hydroxylation sites is 1. The van der Waals surface area contributed by atoms with Crippen molar-refractivity contribution in [2.24, 2.45) is 0 Å². The summed E-state index contributed by atoms with van der Waals surface area (Å²) in [5, 5.41) is 2.59. The molecule has 150 valence electrons. The van der Waals surface area contributed by atoms with E-state index in [0.717, 1.165) is 16.3 Å². The number of anilines is 1. The highest BCUT2D eigenvalue weighted by Crippen LogP contribution is 2.24. The van der Waals surface area contributed by atoms with Gasteiger partial charge in [0.15, 0.2) is 11.2 Å². The molecule has 5 heteroatoms. The predicted octanol–water partition coefficient (Wildman–Crippen LogP) is 5.19. The summed E-state index contributed by atoms with van der Waals surface area (Å²) < 4.78 is 5.81. The molecule has 5 rings (SSSR count). The Morgan fingerprint density at radius 2 is 1.58 bits per heavy atom. The fourth-order valence-corrected chi connectivity index (χ4v) is 3.71. The van der Waals surface area contributed by atoms with Gasteiger partial charge in [0.25, 0.3) is 5.91 Å². The zero-order chi connectivity index (χ0) is 21.2. The molecule has 0 aliphatic carbocycles. The van der Waals surface area contributed by atoms with Crippen molar-refractivity contribution in [3.05, 3.63) is 119 Å². The maximum atomic E-state index is 13.5. The molecule has 0 aliphatic rings. The van der Waals surface area contributed by atoms with Crippen molar-refractivity contribution < 1.29 is 9.21 Å². The molecule has 0 saturated carbocycles. The van der Waals surface area contributed by atoms with Gasteiger partial charge in [0.2, 0.25) is 0 Å². The fourth-order valence-electron chi connectivity index (χ4n) is 3.71. The van der Waals surface area contributed by atoms with Crippen molar-refractivity contribution in [1.29, 1.82) is 0 Å². The molecule has 0 unspecified atom stereocenters. The number of hydrogen-bond donors (Lipinski definition) is 0. The minimum Gasteiger partial charge on any atom is -0.451 e. The van der Waals surface area contributed by atoms with Gasteiger partial charge in [-0.05, 0) is 40.6 Å². The van der Waals surface area contributed by atoms with Crippen LogP contribution in [-0.2, 0) is 6.54 Å². The smallest absolute Gasteiger partial charge is 0.295 e. The number of pyridine rings is 1. The number of hydrogen-bond acceptors (Lipinski definition) is 4. The molecule has 0 atom stereocenters. The highest BCUT2D eigenvalue weighted by molar-refractivity contribution is 6.04. The third kappa shape index (κ3) is 3.57. The molecule has 0 spiro atoms. The summed E-state index contributed by atoms with van der Waals surface area (Å²) in [6, 6.07) is 27.5. The number of aromatic nitrogens is 1. The SMILES string of the molecule is O=C(c1cc(=O)c2ccccc2o1)N(Cc1cccc2ccccc12)c1ccccn1. The lowest BCUT2D eigenvalue weighted by atomic mass is 10.0. The Labute approximate surface area is 178 Å². The molecule has 2 aromatic heterocycles. The number of benzene rings is 3. The van der Waals surface area contributed by atoms with Crippen molar-refractivity contribution in [1.82, 2.24) is 4.98 Å². The second kappa shape index (κ2) is 7.88. The van der Waals surface area contributed by atoms with Gasteiger partial charge < -0.3 is 4.42 Å². The van der Waals surface area contributed by atoms with Gasteiger partial charge in [0.05, 0.1) is 11.9 Å². The van der Waals surface area contributed by atoms with E-state index in [2.05, 4.69) is 4.98 Å². The number of carbonyl (C=O) groups is 1. The molecule has 1 amide bonds. The molecular weight excluding hydrogens is 388 g/mol. The Morgan fingerprint density at radius 1 is 0.839 bits per heavy atom. The Bertz CT molecular complexity index is 1450. The van der Waals surface area contributed by atoms with Gasteiger partial charge in [-0.25, -0.2) is 4.98 Å². The normalized spacial score (nSPS) is 11.0. The molecule has 31 heavy (non-hydrogen) atoms. The van der Waals surface area contributed by atoms with Crippen LogP contribution in [0.5, 0.6) is 0 Å². The van der Waals surface area contributed by atoms with Gasteiger partial charge in [-0.15, -0.1) is 0 Å². The van der Waals surface area contributed by atoms with Crippen LogP contribution in [0.15, 0.2) is 106 Å². The summed E-state index contributed by atoms with van der Waals surface area (Å²) in [6.45, 7) is 0.285. The minimum atomic E-state index is -0.422. The minimum absolute atomic E-state index is 0.0189.